The molecule has 0 spiro atoms. The highest BCUT2D eigenvalue weighted by Gasteiger charge is 2.48. The summed E-state index contributed by atoms with van der Waals surface area (Å²) in [5.41, 5.74) is -1.84. The number of hydrogen-bond acceptors (Lipinski definition) is 4. The second-order valence-electron chi connectivity index (χ2n) is 6.31. The Morgan fingerprint density at radius 2 is 1.75 bits per heavy atom. The average Bonchev–Trinajstić information content (AvgIpc) is 2.35. The van der Waals surface area contributed by atoms with E-state index >= 15 is 0 Å². The minimum absolute atomic E-state index is 0.0644. The molecule has 1 saturated carbocycles. The second-order valence-corrected chi connectivity index (χ2v) is 6.31. The fourth-order valence-electron chi connectivity index (χ4n) is 2.50. The smallest absolute Gasteiger partial charge is 0.410 e. The minimum atomic E-state index is -1.20. The van der Waals surface area contributed by atoms with Crippen LogP contribution in [0.3, 0.4) is 0 Å². The van der Waals surface area contributed by atoms with E-state index in [0.717, 1.165) is 0 Å². The molecule has 1 aliphatic rings. The van der Waals surface area contributed by atoms with Crippen LogP contribution in [0, 0.1) is 0 Å². The molecule has 0 radical (unpaired) electrons. The standard InChI is InChI=1S/C14H25NO5/c1-13(2,3)20-12(18)15(4)14(11(16)17)8-6-10(19-5)7-9-14/h10H,6-9H2,1-5H3,(H,16,17). The number of ether oxygens (including phenoxy) is 2. The molecule has 1 fully saturated rings. The number of carbonyl (C=O) groups excluding carboxylic acids is 1. The predicted octanol–water partition coefficient (Wildman–Crippen LogP) is 2.27. The highest BCUT2D eigenvalue weighted by atomic mass is 16.6. The molecule has 0 heterocycles. The van der Waals surface area contributed by atoms with Gasteiger partial charge in [-0.25, -0.2) is 9.59 Å². The molecule has 0 aliphatic heterocycles. The first kappa shape index (κ1) is 16.8. The molecule has 1 N–H and O–H groups in total. The van der Waals surface area contributed by atoms with Crippen LogP contribution >= 0.6 is 0 Å². The largest absolute Gasteiger partial charge is 0.479 e. The van der Waals surface area contributed by atoms with Gasteiger partial charge in [-0.2, -0.15) is 0 Å². The summed E-state index contributed by atoms with van der Waals surface area (Å²) < 4.78 is 10.5. The van der Waals surface area contributed by atoms with Crippen LogP contribution in [0.2, 0.25) is 0 Å². The lowest BCUT2D eigenvalue weighted by molar-refractivity contribution is -0.154. The van der Waals surface area contributed by atoms with Gasteiger partial charge in [-0.1, -0.05) is 0 Å². The van der Waals surface area contributed by atoms with Crippen LogP contribution in [0.25, 0.3) is 0 Å². The Bertz CT molecular complexity index is 366. The molecule has 1 aliphatic carbocycles. The van der Waals surface area contributed by atoms with Crippen molar-refractivity contribution in [3.63, 3.8) is 0 Å². The minimum Gasteiger partial charge on any atom is -0.479 e. The van der Waals surface area contributed by atoms with E-state index in [1.165, 1.54) is 11.9 Å². The van der Waals surface area contributed by atoms with Gasteiger partial charge in [-0.3, -0.25) is 4.90 Å². The molecule has 0 atom stereocenters. The van der Waals surface area contributed by atoms with Gasteiger partial charge < -0.3 is 14.6 Å². The molecule has 0 bridgehead atoms. The number of likely N-dealkylation sites (N-methyl/N-ethyl adjacent to an activating group) is 1. The third-order valence-electron chi connectivity index (χ3n) is 3.80. The van der Waals surface area contributed by atoms with Gasteiger partial charge in [0.15, 0.2) is 0 Å². The van der Waals surface area contributed by atoms with E-state index in [2.05, 4.69) is 0 Å². The fourth-order valence-corrected chi connectivity index (χ4v) is 2.50. The Balaban J connectivity index is 2.86. The van der Waals surface area contributed by atoms with E-state index in [1.807, 2.05) is 0 Å². The van der Waals surface area contributed by atoms with E-state index in [4.69, 9.17) is 9.47 Å². The molecule has 6 nitrogen and oxygen atoms in total. The zero-order valence-corrected chi connectivity index (χ0v) is 12.9. The van der Waals surface area contributed by atoms with Crippen molar-refractivity contribution in [3.8, 4) is 0 Å². The number of aliphatic carboxylic acids is 1. The molecule has 116 valence electrons. The van der Waals surface area contributed by atoms with Crippen LogP contribution in [0.1, 0.15) is 46.5 Å². The number of carbonyl (C=O) groups is 2. The number of methoxy groups -OCH3 is 1. The molecule has 1 amide bonds. The van der Waals surface area contributed by atoms with Crippen LogP contribution in [0.4, 0.5) is 4.79 Å². The van der Waals surface area contributed by atoms with E-state index < -0.39 is 23.2 Å². The normalized spacial score (nSPS) is 26.9. The van der Waals surface area contributed by atoms with Gasteiger partial charge >= 0.3 is 12.1 Å². The maximum Gasteiger partial charge on any atom is 0.410 e. The number of amides is 1. The first-order valence-electron chi connectivity index (χ1n) is 6.85. The van der Waals surface area contributed by atoms with Crippen LogP contribution in [0.15, 0.2) is 0 Å². The van der Waals surface area contributed by atoms with Crippen LogP contribution < -0.4 is 0 Å². The van der Waals surface area contributed by atoms with Crippen LogP contribution in [0.5, 0.6) is 0 Å². The Labute approximate surface area is 120 Å². The molecule has 0 aromatic carbocycles. The fraction of sp³-hybridized carbons (Fsp3) is 0.857. The van der Waals surface area contributed by atoms with E-state index in [9.17, 15) is 14.7 Å². The molecular weight excluding hydrogens is 262 g/mol. The van der Waals surface area contributed by atoms with Crippen molar-refractivity contribution < 1.29 is 24.2 Å². The summed E-state index contributed by atoms with van der Waals surface area (Å²) in [6.07, 6.45) is 1.45. The topological polar surface area (TPSA) is 76.1 Å². The third kappa shape index (κ3) is 3.62. The zero-order chi connectivity index (χ0) is 15.6. The van der Waals surface area contributed by atoms with E-state index in [0.29, 0.717) is 25.7 Å². The van der Waals surface area contributed by atoms with Crippen molar-refractivity contribution in [1.82, 2.24) is 4.90 Å². The molecule has 20 heavy (non-hydrogen) atoms. The van der Waals surface area contributed by atoms with Crippen molar-refractivity contribution >= 4 is 12.1 Å². The number of nitrogens with zero attached hydrogens (tertiary/aromatic N) is 1. The van der Waals surface area contributed by atoms with Crippen LogP contribution in [-0.2, 0) is 14.3 Å². The van der Waals surface area contributed by atoms with Gasteiger partial charge in [-0.15, -0.1) is 0 Å². The maximum atomic E-state index is 12.1. The van der Waals surface area contributed by atoms with Gasteiger partial charge in [0.1, 0.15) is 11.1 Å². The Hall–Kier alpha value is -1.30. The summed E-state index contributed by atoms with van der Waals surface area (Å²) >= 11 is 0. The first-order chi connectivity index (χ1) is 9.12. The van der Waals surface area contributed by atoms with E-state index in [1.54, 1.807) is 27.9 Å². The van der Waals surface area contributed by atoms with Gasteiger partial charge in [0.05, 0.1) is 6.10 Å². The third-order valence-corrected chi connectivity index (χ3v) is 3.80. The number of carboxylic acid groups (broad SMARTS) is 1. The van der Waals surface area contributed by atoms with Gasteiger partial charge in [0.25, 0.3) is 0 Å². The highest BCUT2D eigenvalue weighted by molar-refractivity contribution is 5.84. The monoisotopic (exact) mass is 287 g/mol. The summed E-state index contributed by atoms with van der Waals surface area (Å²) in [5.74, 6) is -0.986. The summed E-state index contributed by atoms with van der Waals surface area (Å²) in [6.45, 7) is 5.27. The van der Waals surface area contributed by atoms with Gasteiger partial charge in [-0.05, 0) is 46.5 Å². The van der Waals surface area contributed by atoms with Gasteiger partial charge in [0, 0.05) is 14.2 Å². The lowest BCUT2D eigenvalue weighted by Crippen LogP contribution is -2.58. The lowest BCUT2D eigenvalue weighted by atomic mass is 9.79. The second kappa shape index (κ2) is 5.99. The molecule has 0 saturated heterocycles. The van der Waals surface area contributed by atoms with Crippen molar-refractivity contribution in [2.75, 3.05) is 14.2 Å². The summed E-state index contributed by atoms with van der Waals surface area (Å²) in [7, 11) is 3.12. The highest BCUT2D eigenvalue weighted by Crippen LogP contribution is 2.35. The molecule has 0 unspecified atom stereocenters. The Morgan fingerprint density at radius 3 is 2.10 bits per heavy atom. The molecular formula is C14H25NO5. The van der Waals surface area contributed by atoms with Crippen molar-refractivity contribution in [2.24, 2.45) is 0 Å². The Morgan fingerprint density at radius 1 is 1.25 bits per heavy atom. The first-order valence-corrected chi connectivity index (χ1v) is 6.85. The van der Waals surface area contributed by atoms with Crippen molar-refractivity contribution in [2.45, 2.75) is 63.7 Å². The lowest BCUT2D eigenvalue weighted by Gasteiger charge is -2.42. The van der Waals surface area contributed by atoms with Gasteiger partial charge in [0.2, 0.25) is 0 Å². The van der Waals surface area contributed by atoms with Crippen LogP contribution in [-0.4, -0.2) is 53.5 Å². The predicted molar refractivity (Wildman–Crippen MR) is 73.6 cm³/mol. The SMILES string of the molecule is COC1CCC(C(=O)O)(N(C)C(=O)OC(C)(C)C)CC1. The van der Waals surface area contributed by atoms with Crippen molar-refractivity contribution in [1.29, 1.82) is 0 Å². The summed E-state index contributed by atoms with van der Waals surface area (Å²) in [6, 6.07) is 0. The summed E-state index contributed by atoms with van der Waals surface area (Å²) in [5, 5.41) is 9.58. The quantitative estimate of drug-likeness (QED) is 0.861. The molecule has 6 heteroatoms. The number of carboxylic acids is 1. The maximum absolute atomic E-state index is 12.1. The molecule has 0 aromatic rings. The molecule has 1 rings (SSSR count). The number of hydrogen-bond donors (Lipinski definition) is 1. The average molecular weight is 287 g/mol. The zero-order valence-electron chi connectivity index (χ0n) is 12.9. The number of rotatable bonds is 3. The molecule has 0 aromatic heterocycles. The summed E-state index contributed by atoms with van der Waals surface area (Å²) in [4.78, 5) is 25.0. The Kier molecular flexibility index (Phi) is 5.02. The van der Waals surface area contributed by atoms with E-state index in [-0.39, 0.29) is 6.10 Å². The van der Waals surface area contributed by atoms with Crippen molar-refractivity contribution in [3.05, 3.63) is 0 Å².